The normalized spacial score (nSPS) is 8.71. The van der Waals surface area contributed by atoms with E-state index in [1.54, 1.807) is 0 Å². The predicted octanol–water partition coefficient (Wildman–Crippen LogP) is 0.942. The largest absolute Gasteiger partial charge is 0.355 e. The van der Waals surface area contributed by atoms with Gasteiger partial charge in [-0.25, -0.2) is 0 Å². The van der Waals surface area contributed by atoms with E-state index in [1.165, 1.54) is 6.26 Å². The van der Waals surface area contributed by atoms with E-state index < -0.39 is 0 Å². The van der Waals surface area contributed by atoms with Crippen LogP contribution in [-0.2, 0) is 0 Å². The van der Waals surface area contributed by atoms with Crippen LogP contribution >= 0.6 is 12.6 Å². The molecule has 40 valence electrons. The van der Waals surface area contributed by atoms with Crippen molar-refractivity contribution in [2.45, 2.75) is 5.03 Å². The quantitative estimate of drug-likeness (QED) is 0.446. The standard InChI is InChI=1S/C2H4N2O2S/c7-2-1-5-4-6-3-2/h1,3-4,7H. The fraction of sp³-hybridized carbons (Fsp3) is 0. The highest BCUT2D eigenvalue weighted by molar-refractivity contribution is 7.80. The lowest BCUT2D eigenvalue weighted by molar-refractivity contribution is 0.105. The molecular weight excluding hydrogens is 116 g/mol. The average Bonchev–Trinajstić information content (AvgIpc) is 1.69. The molecule has 0 atom stereocenters. The third-order valence-electron chi connectivity index (χ3n) is 0.416. The van der Waals surface area contributed by atoms with Crippen molar-refractivity contribution in [1.82, 2.24) is 10.5 Å². The summed E-state index contributed by atoms with van der Waals surface area (Å²) in [6.07, 6.45) is 1.37. The molecular formula is C2H4N2O2S. The maximum atomic E-state index is 4.41. The van der Waals surface area contributed by atoms with E-state index in [-0.39, 0.29) is 0 Å². The fourth-order valence-electron chi connectivity index (χ4n) is 0.201. The van der Waals surface area contributed by atoms with Gasteiger partial charge in [-0.15, -0.1) is 12.6 Å². The summed E-state index contributed by atoms with van der Waals surface area (Å²) in [6.45, 7) is 0. The molecule has 0 unspecified atom stereocenters. The number of H-pyrrole nitrogens is 2. The van der Waals surface area contributed by atoms with E-state index in [1.807, 2.05) is 0 Å². The Morgan fingerprint density at radius 2 is 2.57 bits per heavy atom. The molecule has 7 heavy (non-hydrogen) atoms. The summed E-state index contributed by atoms with van der Waals surface area (Å²) in [5.41, 5.74) is 0. The molecule has 1 aromatic heterocycles. The van der Waals surface area contributed by atoms with Crippen LogP contribution in [0.15, 0.2) is 20.4 Å². The van der Waals surface area contributed by atoms with E-state index in [2.05, 4.69) is 32.3 Å². The van der Waals surface area contributed by atoms with Crippen LogP contribution < -0.4 is 0 Å². The molecule has 1 rings (SSSR count). The number of rotatable bonds is 0. The molecule has 0 aliphatic carbocycles. The van der Waals surface area contributed by atoms with Crippen molar-refractivity contribution in [3.8, 4) is 0 Å². The number of aromatic amines is 2. The van der Waals surface area contributed by atoms with E-state index in [0.717, 1.165) is 0 Å². The third-order valence-corrected chi connectivity index (χ3v) is 0.613. The predicted molar refractivity (Wildman–Crippen MR) is 24.6 cm³/mol. The van der Waals surface area contributed by atoms with E-state index >= 15 is 0 Å². The minimum atomic E-state index is 0.527. The summed E-state index contributed by atoms with van der Waals surface area (Å²) in [6, 6.07) is 0. The zero-order valence-corrected chi connectivity index (χ0v) is 4.24. The molecule has 0 aliphatic rings. The summed E-state index contributed by atoms with van der Waals surface area (Å²) in [4.78, 5) is 0. The highest BCUT2D eigenvalue weighted by atomic mass is 32.1. The summed E-state index contributed by atoms with van der Waals surface area (Å²) in [5.74, 6) is 0. The Morgan fingerprint density at radius 1 is 1.71 bits per heavy atom. The summed E-state index contributed by atoms with van der Waals surface area (Å²) >= 11 is 3.82. The summed E-state index contributed by atoms with van der Waals surface area (Å²) in [7, 11) is 0. The molecule has 0 bridgehead atoms. The van der Waals surface area contributed by atoms with Crippen LogP contribution in [-0.4, -0.2) is 10.5 Å². The van der Waals surface area contributed by atoms with Gasteiger partial charge < -0.3 is 4.52 Å². The highest BCUT2D eigenvalue weighted by Crippen LogP contribution is 1.93. The topological polar surface area (TPSA) is 57.9 Å². The van der Waals surface area contributed by atoms with Crippen molar-refractivity contribution >= 4 is 12.6 Å². The van der Waals surface area contributed by atoms with Gasteiger partial charge in [0.1, 0.15) is 5.03 Å². The van der Waals surface area contributed by atoms with E-state index in [4.69, 9.17) is 0 Å². The first kappa shape index (κ1) is 4.45. The highest BCUT2D eigenvalue weighted by Gasteiger charge is 1.75. The van der Waals surface area contributed by atoms with Crippen LogP contribution in [0.1, 0.15) is 0 Å². The zero-order chi connectivity index (χ0) is 5.11. The molecule has 4 nitrogen and oxygen atoms in total. The van der Waals surface area contributed by atoms with Crippen molar-refractivity contribution in [3.05, 3.63) is 6.26 Å². The van der Waals surface area contributed by atoms with Crippen LogP contribution in [0.4, 0.5) is 0 Å². The van der Waals surface area contributed by atoms with Gasteiger partial charge in [-0.05, 0) is 0 Å². The maximum absolute atomic E-state index is 4.41. The summed E-state index contributed by atoms with van der Waals surface area (Å²) < 4.78 is 8.72. The van der Waals surface area contributed by atoms with Crippen molar-refractivity contribution < 1.29 is 9.15 Å². The van der Waals surface area contributed by atoms with Gasteiger partial charge >= 0.3 is 0 Å². The van der Waals surface area contributed by atoms with Crippen LogP contribution in [0.2, 0.25) is 0 Å². The molecule has 0 radical (unpaired) electrons. The number of hydrogen-bond donors (Lipinski definition) is 3. The smallest absolute Gasteiger partial charge is 0.155 e. The second-order valence-corrected chi connectivity index (χ2v) is 1.39. The van der Waals surface area contributed by atoms with Gasteiger partial charge in [0.25, 0.3) is 0 Å². The Morgan fingerprint density at radius 3 is 2.86 bits per heavy atom. The second kappa shape index (κ2) is 1.83. The first-order chi connectivity index (χ1) is 3.39. The lowest BCUT2D eigenvalue weighted by Crippen LogP contribution is -1.73. The lowest BCUT2D eigenvalue weighted by Gasteiger charge is -1.84. The molecule has 1 aromatic rings. The van der Waals surface area contributed by atoms with E-state index in [9.17, 15) is 0 Å². The molecule has 2 N–H and O–H groups in total. The number of nitrogens with one attached hydrogen (secondary N) is 2. The van der Waals surface area contributed by atoms with Crippen molar-refractivity contribution in [2.24, 2.45) is 0 Å². The Bertz CT molecular complexity index is 144. The van der Waals surface area contributed by atoms with Gasteiger partial charge in [0.15, 0.2) is 6.26 Å². The maximum Gasteiger partial charge on any atom is 0.155 e. The minimum Gasteiger partial charge on any atom is -0.355 e. The SMILES string of the molecule is Sc1co[nH]o[nH]1. The van der Waals surface area contributed by atoms with Gasteiger partial charge in [-0.1, -0.05) is 5.33 Å². The van der Waals surface area contributed by atoms with Crippen molar-refractivity contribution in [2.75, 3.05) is 0 Å². The van der Waals surface area contributed by atoms with Crippen molar-refractivity contribution in [1.29, 1.82) is 0 Å². The van der Waals surface area contributed by atoms with E-state index in [0.29, 0.717) is 5.03 Å². The van der Waals surface area contributed by atoms with Crippen LogP contribution in [0, 0.1) is 0 Å². The second-order valence-electron chi connectivity index (χ2n) is 0.908. The number of hydrogen-bond acceptors (Lipinski definition) is 3. The molecule has 0 amide bonds. The van der Waals surface area contributed by atoms with Crippen LogP contribution in [0.25, 0.3) is 0 Å². The molecule has 0 saturated heterocycles. The molecule has 0 saturated carbocycles. The monoisotopic (exact) mass is 120 g/mol. The van der Waals surface area contributed by atoms with Crippen molar-refractivity contribution in [3.63, 3.8) is 0 Å². The first-order valence-electron chi connectivity index (χ1n) is 1.61. The van der Waals surface area contributed by atoms with Gasteiger partial charge in [-0.2, -0.15) is 5.16 Å². The Kier molecular flexibility index (Phi) is 1.16. The molecule has 0 spiro atoms. The Hall–Kier alpha value is -0.710. The van der Waals surface area contributed by atoms with Crippen LogP contribution in [0.5, 0.6) is 0 Å². The number of aromatic nitrogens is 2. The third kappa shape index (κ3) is 1.08. The van der Waals surface area contributed by atoms with Gasteiger partial charge in [0.2, 0.25) is 0 Å². The van der Waals surface area contributed by atoms with Gasteiger partial charge in [0.05, 0.1) is 0 Å². The molecule has 0 aliphatic heterocycles. The zero-order valence-electron chi connectivity index (χ0n) is 3.34. The fourth-order valence-corrected chi connectivity index (χ4v) is 0.299. The molecule has 1 heterocycles. The Labute approximate surface area is 44.5 Å². The number of thiol groups is 1. The minimum absolute atomic E-state index is 0.527. The molecule has 0 fully saturated rings. The summed E-state index contributed by atoms with van der Waals surface area (Å²) in [5, 5.41) is 4.98. The van der Waals surface area contributed by atoms with Crippen LogP contribution in [0.3, 0.4) is 0 Å². The first-order valence-corrected chi connectivity index (χ1v) is 2.06. The molecule has 5 heteroatoms. The molecule has 0 aromatic carbocycles. The Balaban J connectivity index is 3.02. The average molecular weight is 120 g/mol. The van der Waals surface area contributed by atoms with Gasteiger partial charge in [0, 0.05) is 0 Å². The lowest BCUT2D eigenvalue weighted by atomic mass is 11.0. The van der Waals surface area contributed by atoms with Gasteiger partial charge in [-0.3, -0.25) is 4.63 Å².